The van der Waals surface area contributed by atoms with Crippen LogP contribution in [0.3, 0.4) is 0 Å². The van der Waals surface area contributed by atoms with Gasteiger partial charge >= 0.3 is 0 Å². The van der Waals surface area contributed by atoms with E-state index in [1.54, 1.807) is 49.9 Å². The van der Waals surface area contributed by atoms with E-state index in [0.717, 1.165) is 5.69 Å². The van der Waals surface area contributed by atoms with Crippen molar-refractivity contribution >= 4 is 28.9 Å². The largest absolute Gasteiger partial charge is 0.495 e. The molecule has 0 aliphatic carbocycles. The summed E-state index contributed by atoms with van der Waals surface area (Å²) in [6.45, 7) is 0.317. The number of hydrogen-bond acceptors (Lipinski definition) is 5. The standard InChI is InChI=1S/C18H16ClN3O3/c1-24-17-5-4-13(8-16(17)19)22-14-7-12(9-20-10-14)18(23)21-11-15-3-2-6-25-15/h2-10,22H,11H2,1H3,(H,21,23). The highest BCUT2D eigenvalue weighted by Gasteiger charge is 2.08. The van der Waals surface area contributed by atoms with E-state index in [-0.39, 0.29) is 5.91 Å². The zero-order valence-electron chi connectivity index (χ0n) is 13.5. The van der Waals surface area contributed by atoms with Gasteiger partial charge in [-0.15, -0.1) is 0 Å². The SMILES string of the molecule is COc1ccc(Nc2cncc(C(=O)NCc3ccco3)c2)cc1Cl. The van der Waals surface area contributed by atoms with Crippen LogP contribution in [0.4, 0.5) is 11.4 Å². The first kappa shape index (κ1) is 16.9. The number of benzene rings is 1. The Morgan fingerprint density at radius 2 is 2.12 bits per heavy atom. The Kier molecular flexibility index (Phi) is 5.20. The Bertz CT molecular complexity index is 866. The molecule has 2 N–H and O–H groups in total. The lowest BCUT2D eigenvalue weighted by atomic mass is 10.2. The number of pyridine rings is 1. The summed E-state index contributed by atoms with van der Waals surface area (Å²) >= 11 is 6.11. The molecule has 0 radical (unpaired) electrons. The fourth-order valence-electron chi connectivity index (χ4n) is 2.23. The molecule has 128 valence electrons. The summed E-state index contributed by atoms with van der Waals surface area (Å²) in [5.74, 6) is 1.04. The molecule has 25 heavy (non-hydrogen) atoms. The van der Waals surface area contributed by atoms with E-state index in [2.05, 4.69) is 15.6 Å². The van der Waals surface area contributed by atoms with Crippen LogP contribution in [-0.4, -0.2) is 18.0 Å². The Labute approximate surface area is 149 Å². The molecule has 3 aromatic rings. The second-order valence-corrected chi connectivity index (χ2v) is 5.61. The van der Waals surface area contributed by atoms with Crippen LogP contribution in [0.2, 0.25) is 5.02 Å². The highest BCUT2D eigenvalue weighted by Crippen LogP contribution is 2.28. The van der Waals surface area contributed by atoms with Gasteiger partial charge in [0.2, 0.25) is 0 Å². The Hall–Kier alpha value is -2.99. The van der Waals surface area contributed by atoms with Crippen LogP contribution < -0.4 is 15.4 Å². The van der Waals surface area contributed by atoms with E-state index in [1.807, 2.05) is 6.07 Å². The summed E-state index contributed by atoms with van der Waals surface area (Å²) in [6.07, 6.45) is 4.69. The Morgan fingerprint density at radius 3 is 2.84 bits per heavy atom. The number of halogens is 1. The van der Waals surface area contributed by atoms with Crippen LogP contribution in [0.5, 0.6) is 5.75 Å². The number of rotatable bonds is 6. The summed E-state index contributed by atoms with van der Waals surface area (Å²) in [5.41, 5.74) is 1.88. The highest BCUT2D eigenvalue weighted by molar-refractivity contribution is 6.32. The summed E-state index contributed by atoms with van der Waals surface area (Å²) in [6, 6.07) is 10.6. The van der Waals surface area contributed by atoms with Crippen molar-refractivity contribution < 1.29 is 13.9 Å². The number of aromatic nitrogens is 1. The molecule has 0 saturated heterocycles. The predicted molar refractivity (Wildman–Crippen MR) is 95.4 cm³/mol. The minimum Gasteiger partial charge on any atom is -0.495 e. The summed E-state index contributed by atoms with van der Waals surface area (Å²) in [4.78, 5) is 16.3. The smallest absolute Gasteiger partial charge is 0.253 e. The molecule has 3 rings (SSSR count). The van der Waals surface area contributed by atoms with Crippen molar-refractivity contribution in [3.8, 4) is 5.75 Å². The van der Waals surface area contributed by atoms with Gasteiger partial charge in [-0.1, -0.05) is 11.6 Å². The van der Waals surface area contributed by atoms with Crippen molar-refractivity contribution in [2.45, 2.75) is 6.54 Å². The fourth-order valence-corrected chi connectivity index (χ4v) is 2.48. The van der Waals surface area contributed by atoms with Gasteiger partial charge < -0.3 is 19.8 Å². The third kappa shape index (κ3) is 4.30. The predicted octanol–water partition coefficient (Wildman–Crippen LogP) is 4.01. The molecule has 2 aromatic heterocycles. The topological polar surface area (TPSA) is 76.4 Å². The van der Waals surface area contributed by atoms with Gasteiger partial charge in [-0.3, -0.25) is 9.78 Å². The number of amides is 1. The van der Waals surface area contributed by atoms with Gasteiger partial charge in [0, 0.05) is 11.9 Å². The molecule has 1 amide bonds. The number of carbonyl (C=O) groups is 1. The van der Waals surface area contributed by atoms with Crippen LogP contribution in [0, 0.1) is 0 Å². The van der Waals surface area contributed by atoms with Crippen LogP contribution in [0.25, 0.3) is 0 Å². The lowest BCUT2D eigenvalue weighted by Crippen LogP contribution is -2.22. The average molecular weight is 358 g/mol. The third-order valence-corrected chi connectivity index (χ3v) is 3.74. The highest BCUT2D eigenvalue weighted by atomic mass is 35.5. The van der Waals surface area contributed by atoms with Crippen molar-refractivity contribution in [3.05, 3.63) is 71.4 Å². The van der Waals surface area contributed by atoms with Crippen molar-refractivity contribution in [2.75, 3.05) is 12.4 Å². The van der Waals surface area contributed by atoms with Gasteiger partial charge in [0.05, 0.1) is 42.4 Å². The maximum atomic E-state index is 12.2. The minimum absolute atomic E-state index is 0.236. The number of methoxy groups -OCH3 is 1. The molecule has 0 aliphatic rings. The molecule has 0 unspecified atom stereocenters. The summed E-state index contributed by atoms with van der Waals surface area (Å²) in [5, 5.41) is 6.43. The van der Waals surface area contributed by atoms with Gasteiger partial charge in [-0.2, -0.15) is 0 Å². The monoisotopic (exact) mass is 357 g/mol. The van der Waals surface area contributed by atoms with E-state index in [4.69, 9.17) is 20.8 Å². The fraction of sp³-hybridized carbons (Fsp3) is 0.111. The molecule has 1 aromatic carbocycles. The van der Waals surface area contributed by atoms with Crippen molar-refractivity contribution in [3.63, 3.8) is 0 Å². The molecule has 6 nitrogen and oxygen atoms in total. The summed E-state index contributed by atoms with van der Waals surface area (Å²) in [7, 11) is 1.56. The maximum Gasteiger partial charge on any atom is 0.253 e. The second-order valence-electron chi connectivity index (χ2n) is 5.20. The first-order valence-electron chi connectivity index (χ1n) is 7.52. The van der Waals surface area contributed by atoms with Gasteiger partial charge in [0.15, 0.2) is 0 Å². The van der Waals surface area contributed by atoms with Crippen LogP contribution >= 0.6 is 11.6 Å². The van der Waals surface area contributed by atoms with Crippen LogP contribution in [0.15, 0.2) is 59.5 Å². The van der Waals surface area contributed by atoms with E-state index < -0.39 is 0 Å². The number of hydrogen-bond donors (Lipinski definition) is 2. The number of ether oxygens (including phenoxy) is 1. The van der Waals surface area contributed by atoms with E-state index >= 15 is 0 Å². The average Bonchev–Trinajstić information content (AvgIpc) is 3.14. The molecule has 0 atom stereocenters. The lowest BCUT2D eigenvalue weighted by Gasteiger charge is -2.10. The van der Waals surface area contributed by atoms with Crippen molar-refractivity contribution in [2.24, 2.45) is 0 Å². The summed E-state index contributed by atoms with van der Waals surface area (Å²) < 4.78 is 10.3. The third-order valence-electron chi connectivity index (χ3n) is 3.44. The zero-order valence-corrected chi connectivity index (χ0v) is 14.2. The molecule has 0 bridgehead atoms. The number of nitrogens with one attached hydrogen (secondary N) is 2. The molecule has 0 aliphatic heterocycles. The van der Waals surface area contributed by atoms with Crippen LogP contribution in [-0.2, 0) is 6.54 Å². The van der Waals surface area contributed by atoms with Crippen LogP contribution in [0.1, 0.15) is 16.1 Å². The lowest BCUT2D eigenvalue weighted by molar-refractivity contribution is 0.0947. The molecular formula is C18H16ClN3O3. The second kappa shape index (κ2) is 7.72. The van der Waals surface area contributed by atoms with Gasteiger partial charge in [0.1, 0.15) is 11.5 Å². The maximum absolute atomic E-state index is 12.2. The quantitative estimate of drug-likeness (QED) is 0.697. The molecule has 0 spiro atoms. The zero-order chi connectivity index (χ0) is 17.6. The number of carbonyl (C=O) groups excluding carboxylic acids is 1. The Balaban J connectivity index is 1.68. The van der Waals surface area contributed by atoms with Crippen molar-refractivity contribution in [1.29, 1.82) is 0 Å². The Morgan fingerprint density at radius 1 is 1.24 bits per heavy atom. The van der Waals surface area contributed by atoms with Crippen molar-refractivity contribution in [1.82, 2.24) is 10.3 Å². The number of furan rings is 1. The van der Waals surface area contributed by atoms with Gasteiger partial charge in [-0.25, -0.2) is 0 Å². The van der Waals surface area contributed by atoms with E-state index in [1.165, 1.54) is 6.20 Å². The normalized spacial score (nSPS) is 10.3. The molecule has 0 saturated carbocycles. The van der Waals surface area contributed by atoms with Gasteiger partial charge in [0.25, 0.3) is 5.91 Å². The molecule has 2 heterocycles. The van der Waals surface area contributed by atoms with E-state index in [9.17, 15) is 4.79 Å². The van der Waals surface area contributed by atoms with E-state index in [0.29, 0.717) is 34.3 Å². The first-order valence-corrected chi connectivity index (χ1v) is 7.89. The molecular weight excluding hydrogens is 342 g/mol. The molecule has 7 heteroatoms. The minimum atomic E-state index is -0.236. The number of nitrogens with zero attached hydrogens (tertiary/aromatic N) is 1. The first-order chi connectivity index (χ1) is 12.2. The number of anilines is 2. The molecule has 0 fully saturated rings. The van der Waals surface area contributed by atoms with Gasteiger partial charge in [-0.05, 0) is 36.4 Å².